The van der Waals surface area contributed by atoms with Crippen LogP contribution in [0.25, 0.3) is 0 Å². The number of hydrogen-bond acceptors (Lipinski definition) is 8. The Kier molecular flexibility index (Phi) is 7.54. The van der Waals surface area contributed by atoms with Crippen LogP contribution in [0, 0.1) is 0 Å². The van der Waals surface area contributed by atoms with Gasteiger partial charge >= 0.3 is 0 Å². The van der Waals surface area contributed by atoms with Crippen molar-refractivity contribution in [3.63, 3.8) is 0 Å². The lowest BCUT2D eigenvalue weighted by molar-refractivity contribution is -0.127. The van der Waals surface area contributed by atoms with Gasteiger partial charge in [0, 0.05) is 43.5 Å². The van der Waals surface area contributed by atoms with Gasteiger partial charge in [0.05, 0.1) is 0 Å². The van der Waals surface area contributed by atoms with E-state index >= 15 is 0 Å². The Morgan fingerprint density at radius 3 is 2.57 bits per heavy atom. The zero-order valence-corrected chi connectivity index (χ0v) is 19.6. The maximum Gasteiger partial charge on any atom is 0.273 e. The van der Waals surface area contributed by atoms with Gasteiger partial charge in [-0.15, -0.1) is 10.2 Å². The third kappa shape index (κ3) is 5.92. The number of primary amides is 1. The molecular weight excluding hydrogens is 448 g/mol. The van der Waals surface area contributed by atoms with Gasteiger partial charge in [0.15, 0.2) is 11.5 Å². The average molecular weight is 479 g/mol. The molecule has 1 aromatic heterocycles. The first kappa shape index (κ1) is 24.1. The largest absolute Gasteiger partial charge is 0.364 e. The zero-order valence-electron chi connectivity index (χ0n) is 19.6. The topological polar surface area (TPSA) is 146 Å². The highest BCUT2D eigenvalue weighted by Gasteiger charge is 2.24. The van der Waals surface area contributed by atoms with Crippen molar-refractivity contribution in [2.24, 2.45) is 5.73 Å². The third-order valence-electron chi connectivity index (χ3n) is 6.18. The number of hydrogen-bond donors (Lipinski definition) is 3. The molecule has 1 aromatic carbocycles. The first-order chi connectivity index (χ1) is 16.9. The van der Waals surface area contributed by atoms with Crippen LogP contribution in [0.5, 0.6) is 0 Å². The SMILES string of the molecule is C=CC(=O)N1CCC[C@@H](Nc2nnc(C(N)=O)c(Nc3cccc(C(=O)N4CCCCC4)c3)n2)C1. The first-order valence-corrected chi connectivity index (χ1v) is 11.8. The van der Waals surface area contributed by atoms with Gasteiger partial charge in [-0.05, 0) is 56.4 Å². The van der Waals surface area contributed by atoms with Crippen LogP contribution in [0.1, 0.15) is 53.0 Å². The van der Waals surface area contributed by atoms with Crippen LogP contribution < -0.4 is 16.4 Å². The molecule has 11 heteroatoms. The Morgan fingerprint density at radius 2 is 1.83 bits per heavy atom. The van der Waals surface area contributed by atoms with Crippen molar-refractivity contribution >= 4 is 35.2 Å². The second-order valence-corrected chi connectivity index (χ2v) is 8.73. The second-order valence-electron chi connectivity index (χ2n) is 8.73. The summed E-state index contributed by atoms with van der Waals surface area (Å²) in [7, 11) is 0. The number of anilines is 3. The van der Waals surface area contributed by atoms with E-state index in [1.165, 1.54) is 6.08 Å². The van der Waals surface area contributed by atoms with Crippen molar-refractivity contribution in [3.05, 3.63) is 48.2 Å². The molecule has 4 rings (SSSR count). The number of likely N-dealkylation sites (tertiary alicyclic amines) is 2. The van der Waals surface area contributed by atoms with Gasteiger partial charge in [-0.3, -0.25) is 14.4 Å². The normalized spacial score (nSPS) is 18.0. The Bertz CT molecular complexity index is 1120. The number of nitrogens with zero attached hydrogens (tertiary/aromatic N) is 5. The molecule has 4 N–H and O–H groups in total. The van der Waals surface area contributed by atoms with Gasteiger partial charge in [0.2, 0.25) is 11.9 Å². The fourth-order valence-electron chi connectivity index (χ4n) is 4.39. The van der Waals surface area contributed by atoms with Crippen molar-refractivity contribution in [2.75, 3.05) is 36.8 Å². The maximum absolute atomic E-state index is 12.9. The van der Waals surface area contributed by atoms with E-state index in [4.69, 9.17) is 5.73 Å². The van der Waals surface area contributed by atoms with Gasteiger partial charge in [-0.2, -0.15) is 4.98 Å². The van der Waals surface area contributed by atoms with Gasteiger partial charge in [0.25, 0.3) is 11.8 Å². The van der Waals surface area contributed by atoms with E-state index in [-0.39, 0.29) is 35.3 Å². The third-order valence-corrected chi connectivity index (χ3v) is 6.18. The van der Waals surface area contributed by atoms with Crippen LogP contribution in [0.3, 0.4) is 0 Å². The molecule has 2 aromatic rings. The highest BCUT2D eigenvalue weighted by atomic mass is 16.2. The molecule has 35 heavy (non-hydrogen) atoms. The number of nitrogens with two attached hydrogens (primary N) is 1. The van der Waals surface area contributed by atoms with E-state index in [1.807, 2.05) is 4.90 Å². The van der Waals surface area contributed by atoms with E-state index in [1.54, 1.807) is 29.2 Å². The molecule has 2 saturated heterocycles. The fourth-order valence-corrected chi connectivity index (χ4v) is 4.39. The standard InChI is InChI=1S/C24H30N8O3/c1-2-19(33)32-13-7-10-18(15-32)27-24-28-22(20(21(25)34)29-30-24)26-17-9-6-8-16(14-17)23(35)31-11-4-3-5-12-31/h2,6,8-9,14,18H,1,3-5,7,10-13,15H2,(H2,25,34)(H2,26,27,28,30)/t18-/m1/s1. The number of nitrogens with one attached hydrogen (secondary N) is 2. The summed E-state index contributed by atoms with van der Waals surface area (Å²) < 4.78 is 0. The predicted octanol–water partition coefficient (Wildman–Crippen LogP) is 1.93. The van der Waals surface area contributed by atoms with Crippen molar-refractivity contribution in [3.8, 4) is 0 Å². The van der Waals surface area contributed by atoms with Gasteiger partial charge in [-0.25, -0.2) is 0 Å². The molecule has 11 nitrogen and oxygen atoms in total. The van der Waals surface area contributed by atoms with Crippen LogP contribution >= 0.6 is 0 Å². The lowest BCUT2D eigenvalue weighted by Gasteiger charge is -2.32. The van der Waals surface area contributed by atoms with Crippen LogP contribution in [-0.4, -0.2) is 74.9 Å². The van der Waals surface area contributed by atoms with Gasteiger partial charge in [-0.1, -0.05) is 12.6 Å². The maximum atomic E-state index is 12.9. The second kappa shape index (κ2) is 10.9. The highest BCUT2D eigenvalue weighted by molar-refractivity contribution is 5.97. The Labute approximate surface area is 203 Å². The van der Waals surface area contributed by atoms with Crippen molar-refractivity contribution in [2.45, 2.75) is 38.1 Å². The van der Waals surface area contributed by atoms with Gasteiger partial charge in [0.1, 0.15) is 0 Å². The molecule has 2 aliphatic heterocycles. The summed E-state index contributed by atoms with van der Waals surface area (Å²) in [5, 5.41) is 14.2. The summed E-state index contributed by atoms with van der Waals surface area (Å²) in [4.78, 5) is 44.8. The van der Waals surface area contributed by atoms with Crippen molar-refractivity contribution in [1.29, 1.82) is 0 Å². The summed E-state index contributed by atoms with van der Waals surface area (Å²) >= 11 is 0. The molecule has 3 amide bonds. The summed E-state index contributed by atoms with van der Waals surface area (Å²) in [6.07, 6.45) is 6.11. The molecule has 0 bridgehead atoms. The molecule has 0 radical (unpaired) electrons. The minimum atomic E-state index is -0.778. The molecule has 184 valence electrons. The Hall–Kier alpha value is -4.02. The number of aromatic nitrogens is 3. The van der Waals surface area contributed by atoms with Crippen LogP contribution in [0.4, 0.5) is 17.5 Å². The molecule has 0 spiro atoms. The minimum absolute atomic E-state index is 0.0254. The molecule has 2 fully saturated rings. The molecule has 0 saturated carbocycles. The lowest BCUT2D eigenvalue weighted by Crippen LogP contribution is -2.44. The summed E-state index contributed by atoms with van der Waals surface area (Å²) in [5.74, 6) is -0.591. The Morgan fingerprint density at radius 1 is 1.06 bits per heavy atom. The van der Waals surface area contributed by atoms with Crippen LogP contribution in [0.2, 0.25) is 0 Å². The quantitative estimate of drug-likeness (QED) is 0.512. The van der Waals surface area contributed by atoms with E-state index < -0.39 is 5.91 Å². The molecular formula is C24H30N8O3. The average Bonchev–Trinajstić information content (AvgIpc) is 2.88. The van der Waals surface area contributed by atoms with E-state index in [0.29, 0.717) is 24.3 Å². The summed E-state index contributed by atoms with van der Waals surface area (Å²) in [5.41, 5.74) is 6.49. The lowest BCUT2D eigenvalue weighted by atomic mass is 10.1. The summed E-state index contributed by atoms with van der Waals surface area (Å²) in [6.45, 7) is 6.20. The number of carbonyl (C=O) groups is 3. The number of amides is 3. The minimum Gasteiger partial charge on any atom is -0.364 e. The van der Waals surface area contributed by atoms with Gasteiger partial charge < -0.3 is 26.2 Å². The number of carbonyl (C=O) groups excluding carboxylic acids is 3. The van der Waals surface area contributed by atoms with E-state index in [2.05, 4.69) is 32.4 Å². The predicted molar refractivity (Wildman–Crippen MR) is 131 cm³/mol. The monoisotopic (exact) mass is 478 g/mol. The zero-order chi connectivity index (χ0) is 24.8. The number of benzene rings is 1. The fraction of sp³-hybridized carbons (Fsp3) is 0.417. The first-order valence-electron chi connectivity index (χ1n) is 11.8. The highest BCUT2D eigenvalue weighted by Crippen LogP contribution is 2.22. The number of piperidine rings is 2. The Balaban J connectivity index is 1.51. The molecule has 1 atom stereocenters. The van der Waals surface area contributed by atoms with Crippen LogP contribution in [-0.2, 0) is 4.79 Å². The van der Waals surface area contributed by atoms with E-state index in [9.17, 15) is 14.4 Å². The smallest absolute Gasteiger partial charge is 0.273 e. The molecule has 3 heterocycles. The molecule has 0 unspecified atom stereocenters. The molecule has 0 aliphatic carbocycles. The molecule has 2 aliphatic rings. The van der Waals surface area contributed by atoms with Crippen LogP contribution in [0.15, 0.2) is 36.9 Å². The number of rotatable bonds is 7. The van der Waals surface area contributed by atoms with Crippen molar-refractivity contribution in [1.82, 2.24) is 25.0 Å². The summed E-state index contributed by atoms with van der Waals surface area (Å²) in [6, 6.07) is 6.95. The van der Waals surface area contributed by atoms with Crippen molar-refractivity contribution < 1.29 is 14.4 Å². The van der Waals surface area contributed by atoms with E-state index in [0.717, 1.165) is 45.2 Å².